The van der Waals surface area contributed by atoms with Gasteiger partial charge in [0.25, 0.3) is 0 Å². The summed E-state index contributed by atoms with van der Waals surface area (Å²) in [6.45, 7) is 2.14. The Labute approximate surface area is 120 Å². The summed E-state index contributed by atoms with van der Waals surface area (Å²) in [5.74, 6) is -0.557. The van der Waals surface area contributed by atoms with E-state index in [9.17, 15) is 9.18 Å². The minimum absolute atomic E-state index is 0.168. The van der Waals surface area contributed by atoms with Gasteiger partial charge in [0.15, 0.2) is 5.13 Å². The highest BCUT2D eigenvalue weighted by Gasteiger charge is 2.12. The Morgan fingerprint density at radius 3 is 2.75 bits per heavy atom. The van der Waals surface area contributed by atoms with Crippen LogP contribution in [0.4, 0.5) is 15.2 Å². The molecule has 1 aromatic heterocycles. The van der Waals surface area contributed by atoms with Gasteiger partial charge in [-0.3, -0.25) is 4.79 Å². The molecule has 0 amide bonds. The fraction of sp³-hybridized carbons (Fsp3) is 0.286. The van der Waals surface area contributed by atoms with E-state index in [1.807, 2.05) is 17.3 Å². The molecule has 1 heterocycles. The summed E-state index contributed by atoms with van der Waals surface area (Å²) in [6, 6.07) is 6.17. The molecule has 0 spiro atoms. The number of ether oxygens (including phenoxy) is 1. The average Bonchev–Trinajstić information content (AvgIpc) is 2.87. The standard InChI is InChI=1S/C14H15FN2O2S/c1-3-19-13(18)8-11-9-20-14(16-11)17(2)12-6-4-10(15)5-7-12/h4-7,9H,3,8H2,1-2H3. The largest absolute Gasteiger partial charge is 0.466 e. The molecular weight excluding hydrogens is 279 g/mol. The first-order chi connectivity index (χ1) is 9.60. The van der Waals surface area contributed by atoms with Crippen molar-refractivity contribution in [2.75, 3.05) is 18.6 Å². The molecule has 0 aliphatic heterocycles. The lowest BCUT2D eigenvalue weighted by Gasteiger charge is -2.15. The normalized spacial score (nSPS) is 10.3. The van der Waals surface area contributed by atoms with Gasteiger partial charge < -0.3 is 9.64 Å². The number of hydrogen-bond donors (Lipinski definition) is 0. The molecule has 0 N–H and O–H groups in total. The van der Waals surface area contributed by atoms with Crippen LogP contribution in [0.25, 0.3) is 0 Å². The average molecular weight is 294 g/mol. The van der Waals surface area contributed by atoms with Gasteiger partial charge in [-0.15, -0.1) is 11.3 Å². The molecule has 0 aliphatic carbocycles. The fourth-order valence-electron chi connectivity index (χ4n) is 1.67. The van der Waals surface area contributed by atoms with Crippen LogP contribution in [0.5, 0.6) is 0 Å². The van der Waals surface area contributed by atoms with E-state index < -0.39 is 0 Å². The van der Waals surface area contributed by atoms with Crippen LogP contribution in [0.15, 0.2) is 29.6 Å². The first-order valence-electron chi connectivity index (χ1n) is 6.19. The molecule has 0 bridgehead atoms. The highest BCUT2D eigenvalue weighted by molar-refractivity contribution is 7.13. The molecule has 20 heavy (non-hydrogen) atoms. The number of aromatic nitrogens is 1. The summed E-state index contributed by atoms with van der Waals surface area (Å²) < 4.78 is 17.8. The van der Waals surface area contributed by atoms with E-state index in [1.165, 1.54) is 23.5 Å². The molecule has 4 nitrogen and oxygen atoms in total. The maximum Gasteiger partial charge on any atom is 0.311 e. The van der Waals surface area contributed by atoms with E-state index in [2.05, 4.69) is 4.98 Å². The van der Waals surface area contributed by atoms with Gasteiger partial charge in [0.2, 0.25) is 0 Å². The van der Waals surface area contributed by atoms with Crippen molar-refractivity contribution in [3.05, 3.63) is 41.2 Å². The zero-order valence-corrected chi connectivity index (χ0v) is 12.1. The summed E-state index contributed by atoms with van der Waals surface area (Å²) in [6.07, 6.45) is 0.168. The molecule has 106 valence electrons. The van der Waals surface area contributed by atoms with Crippen LogP contribution in [0.3, 0.4) is 0 Å². The lowest BCUT2D eigenvalue weighted by Crippen LogP contribution is -2.10. The van der Waals surface area contributed by atoms with E-state index >= 15 is 0 Å². The van der Waals surface area contributed by atoms with Gasteiger partial charge in [-0.2, -0.15) is 0 Å². The molecule has 0 aliphatic rings. The first kappa shape index (κ1) is 14.5. The maximum atomic E-state index is 12.9. The lowest BCUT2D eigenvalue weighted by molar-refractivity contribution is -0.142. The third-order valence-corrected chi connectivity index (χ3v) is 3.64. The van der Waals surface area contributed by atoms with Crippen molar-refractivity contribution in [2.45, 2.75) is 13.3 Å². The van der Waals surface area contributed by atoms with Gasteiger partial charge in [-0.25, -0.2) is 9.37 Å². The number of carbonyl (C=O) groups excluding carboxylic acids is 1. The molecule has 0 fully saturated rings. The van der Waals surface area contributed by atoms with Crippen molar-refractivity contribution in [1.82, 2.24) is 4.98 Å². The van der Waals surface area contributed by atoms with E-state index in [-0.39, 0.29) is 18.2 Å². The zero-order valence-electron chi connectivity index (χ0n) is 11.3. The number of hydrogen-bond acceptors (Lipinski definition) is 5. The molecule has 0 saturated heterocycles. The maximum absolute atomic E-state index is 12.9. The van der Waals surface area contributed by atoms with Crippen LogP contribution in [0.1, 0.15) is 12.6 Å². The molecule has 0 atom stereocenters. The minimum Gasteiger partial charge on any atom is -0.466 e. The van der Waals surface area contributed by atoms with Gasteiger partial charge in [-0.05, 0) is 31.2 Å². The Bertz CT molecular complexity index is 583. The quantitative estimate of drug-likeness (QED) is 0.794. The Hall–Kier alpha value is -1.95. The number of benzene rings is 1. The van der Waals surface area contributed by atoms with Crippen LogP contribution in [0, 0.1) is 5.82 Å². The first-order valence-corrected chi connectivity index (χ1v) is 7.07. The second-order valence-corrected chi connectivity index (χ2v) is 4.98. The predicted molar refractivity (Wildman–Crippen MR) is 76.9 cm³/mol. The Kier molecular flexibility index (Phi) is 4.68. The van der Waals surface area contributed by atoms with Crippen LogP contribution in [-0.2, 0) is 16.0 Å². The summed E-state index contributed by atoms with van der Waals surface area (Å²) in [5.41, 5.74) is 1.51. The number of thiazole rings is 1. The van der Waals surface area contributed by atoms with Crippen molar-refractivity contribution in [1.29, 1.82) is 0 Å². The summed E-state index contributed by atoms with van der Waals surface area (Å²) in [5, 5.41) is 2.57. The molecule has 0 radical (unpaired) electrons. The van der Waals surface area contributed by atoms with Crippen LogP contribution in [-0.4, -0.2) is 24.6 Å². The van der Waals surface area contributed by atoms with Crippen LogP contribution in [0.2, 0.25) is 0 Å². The predicted octanol–water partition coefficient (Wildman–Crippen LogP) is 3.16. The second kappa shape index (κ2) is 6.47. The topological polar surface area (TPSA) is 42.4 Å². The summed E-state index contributed by atoms with van der Waals surface area (Å²) in [7, 11) is 1.85. The van der Waals surface area contributed by atoms with Crippen molar-refractivity contribution >= 4 is 28.1 Å². The van der Waals surface area contributed by atoms with Crippen molar-refractivity contribution in [3.8, 4) is 0 Å². The number of carbonyl (C=O) groups is 1. The highest BCUT2D eigenvalue weighted by atomic mass is 32.1. The third kappa shape index (κ3) is 3.54. The van der Waals surface area contributed by atoms with Crippen molar-refractivity contribution in [2.24, 2.45) is 0 Å². The minimum atomic E-state index is -0.284. The Morgan fingerprint density at radius 1 is 1.40 bits per heavy atom. The number of halogens is 1. The fourth-order valence-corrected chi connectivity index (χ4v) is 2.48. The van der Waals surface area contributed by atoms with Gasteiger partial charge >= 0.3 is 5.97 Å². The molecule has 0 saturated carbocycles. The number of anilines is 2. The van der Waals surface area contributed by atoms with Crippen molar-refractivity contribution < 1.29 is 13.9 Å². The molecule has 2 aromatic rings. The smallest absolute Gasteiger partial charge is 0.311 e. The molecule has 2 rings (SSSR count). The zero-order chi connectivity index (χ0) is 14.5. The summed E-state index contributed by atoms with van der Waals surface area (Å²) in [4.78, 5) is 17.6. The molecule has 0 unspecified atom stereocenters. The second-order valence-electron chi connectivity index (χ2n) is 4.14. The number of rotatable bonds is 5. The van der Waals surface area contributed by atoms with Crippen LogP contribution < -0.4 is 4.90 Å². The SMILES string of the molecule is CCOC(=O)Cc1csc(N(C)c2ccc(F)cc2)n1. The summed E-state index contributed by atoms with van der Waals surface area (Å²) >= 11 is 1.43. The Morgan fingerprint density at radius 2 is 2.10 bits per heavy atom. The van der Waals surface area contributed by atoms with Gasteiger partial charge in [-0.1, -0.05) is 0 Å². The lowest BCUT2D eigenvalue weighted by atomic mass is 10.3. The van der Waals surface area contributed by atoms with Crippen LogP contribution >= 0.6 is 11.3 Å². The molecule has 1 aromatic carbocycles. The highest BCUT2D eigenvalue weighted by Crippen LogP contribution is 2.27. The van der Waals surface area contributed by atoms with E-state index in [1.54, 1.807) is 19.1 Å². The number of esters is 1. The van der Waals surface area contributed by atoms with E-state index in [4.69, 9.17) is 4.74 Å². The molecule has 6 heteroatoms. The monoisotopic (exact) mass is 294 g/mol. The third-order valence-electron chi connectivity index (χ3n) is 2.67. The van der Waals surface area contributed by atoms with E-state index in [0.717, 1.165) is 10.8 Å². The Balaban J connectivity index is 2.08. The molecular formula is C14H15FN2O2S. The van der Waals surface area contributed by atoms with Gasteiger partial charge in [0.1, 0.15) is 5.82 Å². The van der Waals surface area contributed by atoms with Crippen molar-refractivity contribution in [3.63, 3.8) is 0 Å². The number of nitrogens with zero attached hydrogens (tertiary/aromatic N) is 2. The van der Waals surface area contributed by atoms with E-state index in [0.29, 0.717) is 12.3 Å². The van der Waals surface area contributed by atoms with Gasteiger partial charge in [0, 0.05) is 18.1 Å². The van der Waals surface area contributed by atoms with Gasteiger partial charge in [0.05, 0.1) is 18.7 Å².